The number of carbonyl (C=O) groups is 1. The normalized spacial score (nSPS) is 19.2. The van der Waals surface area contributed by atoms with Crippen molar-refractivity contribution in [1.82, 2.24) is 0 Å². The lowest BCUT2D eigenvalue weighted by atomic mass is 10.2. The topological polar surface area (TPSA) is 29.6 Å². The highest BCUT2D eigenvalue weighted by Crippen LogP contribution is 2.21. The van der Waals surface area contributed by atoms with Crippen molar-refractivity contribution in [2.24, 2.45) is 0 Å². The van der Waals surface area contributed by atoms with E-state index in [2.05, 4.69) is 35.5 Å². The van der Waals surface area contributed by atoms with Crippen molar-refractivity contribution in [2.75, 3.05) is 0 Å². The van der Waals surface area contributed by atoms with Gasteiger partial charge in [0.1, 0.15) is 18.5 Å². The van der Waals surface area contributed by atoms with Crippen molar-refractivity contribution in [2.45, 2.75) is 12.2 Å². The Labute approximate surface area is 112 Å². The van der Waals surface area contributed by atoms with E-state index < -0.39 is 0 Å². The number of allylic oxidation sites excluding steroid dienone is 1. The highest BCUT2D eigenvalue weighted by molar-refractivity contribution is 5.65. The van der Waals surface area contributed by atoms with Gasteiger partial charge in [0.05, 0.1) is 0 Å². The van der Waals surface area contributed by atoms with E-state index >= 15 is 0 Å². The summed E-state index contributed by atoms with van der Waals surface area (Å²) in [5.74, 6) is 16.5. The second-order valence-electron chi connectivity index (χ2n) is 3.68. The molecule has 2 atom stereocenters. The maximum absolute atomic E-state index is 10.1. The molecule has 2 rings (SSSR count). The Bertz CT molecular complexity index is 652. The average Bonchev–Trinajstić information content (AvgIpc) is 3.20. The Morgan fingerprint density at radius 1 is 1.05 bits per heavy atom. The number of benzene rings is 1. The Morgan fingerprint density at radius 3 is 2.63 bits per heavy atom. The molecule has 2 heteroatoms. The molecule has 0 spiro atoms. The van der Waals surface area contributed by atoms with Crippen LogP contribution in [0.4, 0.5) is 0 Å². The first-order valence-corrected chi connectivity index (χ1v) is 5.74. The van der Waals surface area contributed by atoms with Crippen LogP contribution in [0.15, 0.2) is 42.5 Å². The minimum atomic E-state index is -0.146. The predicted octanol–water partition coefficient (Wildman–Crippen LogP) is 1.57. The molecule has 0 amide bonds. The molecule has 1 aromatic carbocycles. The van der Waals surface area contributed by atoms with Crippen molar-refractivity contribution in [3.63, 3.8) is 0 Å². The van der Waals surface area contributed by atoms with E-state index in [-0.39, 0.29) is 12.2 Å². The van der Waals surface area contributed by atoms with E-state index in [0.29, 0.717) is 6.29 Å². The second kappa shape index (κ2) is 6.87. The fraction of sp³-hybridized carbons (Fsp3) is 0.118. The van der Waals surface area contributed by atoms with Gasteiger partial charge in [-0.1, -0.05) is 30.0 Å². The minimum absolute atomic E-state index is 0.0742. The number of aldehydes is 1. The van der Waals surface area contributed by atoms with E-state index in [1.165, 1.54) is 6.08 Å². The second-order valence-corrected chi connectivity index (χ2v) is 3.68. The largest absolute Gasteiger partial charge is 0.351 e. The molecule has 1 aliphatic rings. The average molecular weight is 246 g/mol. The fourth-order valence-corrected chi connectivity index (χ4v) is 1.34. The summed E-state index contributed by atoms with van der Waals surface area (Å²) in [6, 6.07) is 9.63. The molecule has 0 radical (unpaired) electrons. The molecule has 0 bridgehead atoms. The first-order valence-electron chi connectivity index (χ1n) is 5.74. The molecule has 19 heavy (non-hydrogen) atoms. The Kier molecular flexibility index (Phi) is 4.60. The quantitative estimate of drug-likeness (QED) is 0.343. The van der Waals surface area contributed by atoms with Crippen LogP contribution in [-0.4, -0.2) is 18.5 Å². The van der Waals surface area contributed by atoms with Gasteiger partial charge in [-0.3, -0.25) is 4.79 Å². The van der Waals surface area contributed by atoms with E-state index in [1.54, 1.807) is 6.08 Å². The third-order valence-corrected chi connectivity index (χ3v) is 2.29. The molecule has 1 fully saturated rings. The summed E-state index contributed by atoms with van der Waals surface area (Å²) in [4.78, 5) is 10.1. The molecule has 1 aliphatic heterocycles. The van der Waals surface area contributed by atoms with Crippen LogP contribution in [0, 0.1) is 35.5 Å². The molecule has 1 heterocycles. The predicted molar refractivity (Wildman–Crippen MR) is 72.7 cm³/mol. The van der Waals surface area contributed by atoms with E-state index in [0.717, 1.165) is 5.56 Å². The Morgan fingerprint density at radius 2 is 1.84 bits per heavy atom. The van der Waals surface area contributed by atoms with Gasteiger partial charge in [0.2, 0.25) is 0 Å². The summed E-state index contributed by atoms with van der Waals surface area (Å²) >= 11 is 0. The van der Waals surface area contributed by atoms with Crippen molar-refractivity contribution in [1.29, 1.82) is 0 Å². The lowest BCUT2D eigenvalue weighted by molar-refractivity contribution is -0.104. The van der Waals surface area contributed by atoms with Gasteiger partial charge in [-0.05, 0) is 48.0 Å². The number of ether oxygens (including phenoxy) is 1. The van der Waals surface area contributed by atoms with Crippen LogP contribution < -0.4 is 0 Å². The zero-order chi connectivity index (χ0) is 13.3. The first kappa shape index (κ1) is 12.7. The molecule has 2 unspecified atom stereocenters. The first-order chi connectivity index (χ1) is 9.40. The molecule has 1 aromatic rings. The van der Waals surface area contributed by atoms with Crippen molar-refractivity contribution >= 4 is 6.29 Å². The number of carbonyl (C=O) groups excluding carboxylic acids is 1. The molecular weight excluding hydrogens is 236 g/mol. The van der Waals surface area contributed by atoms with Crippen LogP contribution in [0.25, 0.3) is 0 Å². The summed E-state index contributed by atoms with van der Waals surface area (Å²) in [6.45, 7) is 0. The lowest BCUT2D eigenvalue weighted by Gasteiger charge is -1.83. The molecule has 2 nitrogen and oxygen atoms in total. The van der Waals surface area contributed by atoms with E-state index in [9.17, 15) is 4.79 Å². The van der Waals surface area contributed by atoms with Crippen LogP contribution >= 0.6 is 0 Å². The molecule has 1 saturated heterocycles. The van der Waals surface area contributed by atoms with Crippen LogP contribution in [0.3, 0.4) is 0 Å². The third kappa shape index (κ3) is 4.57. The van der Waals surface area contributed by atoms with Gasteiger partial charge < -0.3 is 4.74 Å². The maximum atomic E-state index is 10.1. The number of epoxide rings is 1. The lowest BCUT2D eigenvalue weighted by Crippen LogP contribution is -1.84. The summed E-state index contributed by atoms with van der Waals surface area (Å²) < 4.78 is 5.17. The van der Waals surface area contributed by atoms with Gasteiger partial charge in [-0.2, -0.15) is 0 Å². The maximum Gasteiger partial charge on any atom is 0.149 e. The summed E-state index contributed by atoms with van der Waals surface area (Å²) in [5.41, 5.74) is 0.925. The van der Waals surface area contributed by atoms with Gasteiger partial charge in [0, 0.05) is 5.56 Å². The molecule has 0 aromatic heterocycles. The van der Waals surface area contributed by atoms with Gasteiger partial charge in [-0.25, -0.2) is 0 Å². The number of hydrogen-bond acceptors (Lipinski definition) is 2. The smallest absolute Gasteiger partial charge is 0.149 e. The highest BCUT2D eigenvalue weighted by Gasteiger charge is 2.34. The van der Waals surface area contributed by atoms with Gasteiger partial charge in [-0.15, -0.1) is 0 Å². The number of hydrogen-bond donors (Lipinski definition) is 0. The summed E-state index contributed by atoms with van der Waals surface area (Å²) in [6.07, 6.45) is 3.58. The zero-order valence-electron chi connectivity index (χ0n) is 10.1. The van der Waals surface area contributed by atoms with Crippen LogP contribution in [-0.2, 0) is 9.53 Å². The monoisotopic (exact) mass is 246 g/mol. The van der Waals surface area contributed by atoms with Crippen LogP contribution in [0.5, 0.6) is 0 Å². The molecular formula is C17H10O2. The molecule has 90 valence electrons. The van der Waals surface area contributed by atoms with Crippen LogP contribution in [0.1, 0.15) is 5.56 Å². The fourth-order valence-electron chi connectivity index (χ4n) is 1.34. The van der Waals surface area contributed by atoms with Crippen molar-refractivity contribution in [3.8, 4) is 35.5 Å². The molecule has 0 saturated carbocycles. The standard InChI is InChI=1S/C17H10O2/c18-14-8-13-17-16(19-17)12-7-2-1-4-9-15-10-5-3-6-11-15/h3,5-6,8,10-11,13-14,16-17H. The summed E-state index contributed by atoms with van der Waals surface area (Å²) in [7, 11) is 0. The van der Waals surface area contributed by atoms with Crippen LogP contribution in [0.2, 0.25) is 0 Å². The SMILES string of the molecule is O=CC=CC1OC1C#CC#CC#Cc1ccccc1. The Balaban J connectivity index is 1.82. The Hall–Kier alpha value is -2.73. The third-order valence-electron chi connectivity index (χ3n) is 2.29. The number of rotatable bonds is 2. The van der Waals surface area contributed by atoms with Gasteiger partial charge in [0.15, 0.2) is 0 Å². The highest BCUT2D eigenvalue weighted by atomic mass is 16.6. The van der Waals surface area contributed by atoms with Crippen molar-refractivity contribution in [3.05, 3.63) is 48.0 Å². The van der Waals surface area contributed by atoms with E-state index in [1.807, 2.05) is 30.3 Å². The molecule has 0 aliphatic carbocycles. The van der Waals surface area contributed by atoms with Crippen molar-refractivity contribution < 1.29 is 9.53 Å². The van der Waals surface area contributed by atoms with Gasteiger partial charge in [0.25, 0.3) is 0 Å². The van der Waals surface area contributed by atoms with Gasteiger partial charge >= 0.3 is 0 Å². The summed E-state index contributed by atoms with van der Waals surface area (Å²) in [5, 5.41) is 0. The molecule has 0 N–H and O–H groups in total. The van der Waals surface area contributed by atoms with E-state index in [4.69, 9.17) is 4.74 Å². The zero-order valence-corrected chi connectivity index (χ0v) is 10.1. The minimum Gasteiger partial charge on any atom is -0.351 e.